The van der Waals surface area contributed by atoms with Crippen molar-refractivity contribution in [2.75, 3.05) is 10.6 Å². The smallest absolute Gasteiger partial charge is 0.265 e. The first-order valence-corrected chi connectivity index (χ1v) is 9.28. The molecule has 0 saturated carbocycles. The molecule has 0 radical (unpaired) electrons. The van der Waals surface area contributed by atoms with Gasteiger partial charge in [0.15, 0.2) is 6.10 Å². The minimum Gasteiger partial charge on any atom is -0.489 e. The van der Waals surface area contributed by atoms with Gasteiger partial charge in [-0.2, -0.15) is 0 Å². The van der Waals surface area contributed by atoms with Crippen LogP contribution in [0.4, 0.5) is 11.4 Å². The first-order chi connectivity index (χ1) is 14.1. The quantitative estimate of drug-likeness (QED) is 0.686. The summed E-state index contributed by atoms with van der Waals surface area (Å²) in [6, 6.07) is 21.9. The number of rotatable bonds is 5. The maximum absolute atomic E-state index is 12.5. The Balaban J connectivity index is 1.39. The molecule has 3 aromatic rings. The SMILES string of the molecule is CC1Oc2ccc(NC(=O)c3ccc(COc4ccccc4)cc3)cc2NC1=O. The first-order valence-electron chi connectivity index (χ1n) is 9.28. The second kappa shape index (κ2) is 8.06. The minimum atomic E-state index is -0.535. The largest absolute Gasteiger partial charge is 0.489 e. The molecular formula is C23H20N2O4. The summed E-state index contributed by atoms with van der Waals surface area (Å²) in [6.07, 6.45) is -0.535. The standard InChI is InChI=1S/C23H20N2O4/c1-15-22(26)25-20-13-18(11-12-21(20)29-15)24-23(27)17-9-7-16(8-10-17)14-28-19-5-3-2-4-6-19/h2-13,15H,14H2,1H3,(H,24,27)(H,25,26). The molecule has 2 amide bonds. The highest BCUT2D eigenvalue weighted by Crippen LogP contribution is 2.32. The molecular weight excluding hydrogens is 368 g/mol. The van der Waals surface area contributed by atoms with Gasteiger partial charge in [0.2, 0.25) is 0 Å². The molecule has 1 heterocycles. The number of hydrogen-bond acceptors (Lipinski definition) is 4. The summed E-state index contributed by atoms with van der Waals surface area (Å²) in [5.74, 6) is 0.927. The minimum absolute atomic E-state index is 0.214. The summed E-state index contributed by atoms with van der Waals surface area (Å²) in [6.45, 7) is 2.11. The number of hydrogen-bond donors (Lipinski definition) is 2. The fourth-order valence-corrected chi connectivity index (χ4v) is 2.93. The van der Waals surface area contributed by atoms with Gasteiger partial charge in [-0.25, -0.2) is 0 Å². The van der Waals surface area contributed by atoms with Gasteiger partial charge in [-0.1, -0.05) is 30.3 Å². The molecule has 6 nitrogen and oxygen atoms in total. The Labute approximate surface area is 168 Å². The zero-order chi connectivity index (χ0) is 20.2. The maximum Gasteiger partial charge on any atom is 0.265 e. The van der Waals surface area contributed by atoms with E-state index in [1.54, 1.807) is 37.3 Å². The van der Waals surface area contributed by atoms with Gasteiger partial charge in [0, 0.05) is 11.3 Å². The van der Waals surface area contributed by atoms with Crippen molar-refractivity contribution in [3.8, 4) is 11.5 Å². The number of ether oxygens (including phenoxy) is 2. The van der Waals surface area contributed by atoms with Crippen molar-refractivity contribution in [1.82, 2.24) is 0 Å². The molecule has 1 unspecified atom stereocenters. The first kappa shape index (κ1) is 18.6. The van der Waals surface area contributed by atoms with E-state index in [4.69, 9.17) is 9.47 Å². The third kappa shape index (κ3) is 4.38. The van der Waals surface area contributed by atoms with E-state index in [9.17, 15) is 9.59 Å². The van der Waals surface area contributed by atoms with Gasteiger partial charge in [0.25, 0.3) is 11.8 Å². The van der Waals surface area contributed by atoms with Gasteiger partial charge >= 0.3 is 0 Å². The van der Waals surface area contributed by atoms with Crippen LogP contribution in [-0.2, 0) is 11.4 Å². The van der Waals surface area contributed by atoms with Crippen LogP contribution in [0.1, 0.15) is 22.8 Å². The van der Waals surface area contributed by atoms with Crippen LogP contribution < -0.4 is 20.1 Å². The fraction of sp³-hybridized carbons (Fsp3) is 0.130. The van der Waals surface area contributed by atoms with Crippen molar-refractivity contribution >= 4 is 23.2 Å². The molecule has 29 heavy (non-hydrogen) atoms. The molecule has 0 spiro atoms. The summed E-state index contributed by atoms with van der Waals surface area (Å²) in [5.41, 5.74) is 2.61. The highest BCUT2D eigenvalue weighted by atomic mass is 16.5. The van der Waals surface area contributed by atoms with Crippen LogP contribution in [0.2, 0.25) is 0 Å². The third-order valence-corrected chi connectivity index (χ3v) is 4.53. The van der Waals surface area contributed by atoms with Gasteiger partial charge in [-0.15, -0.1) is 0 Å². The van der Waals surface area contributed by atoms with Gasteiger partial charge in [0.1, 0.15) is 18.1 Å². The van der Waals surface area contributed by atoms with E-state index in [0.717, 1.165) is 11.3 Å². The van der Waals surface area contributed by atoms with Crippen molar-refractivity contribution in [1.29, 1.82) is 0 Å². The van der Waals surface area contributed by atoms with Crippen molar-refractivity contribution in [2.45, 2.75) is 19.6 Å². The lowest BCUT2D eigenvalue weighted by Crippen LogP contribution is -2.34. The lowest BCUT2D eigenvalue weighted by Gasteiger charge is -2.23. The average Bonchev–Trinajstić information content (AvgIpc) is 2.74. The summed E-state index contributed by atoms with van der Waals surface area (Å²) >= 11 is 0. The lowest BCUT2D eigenvalue weighted by atomic mass is 10.1. The number of nitrogens with one attached hydrogen (secondary N) is 2. The highest BCUT2D eigenvalue weighted by Gasteiger charge is 2.23. The number of para-hydroxylation sites is 1. The Morgan fingerprint density at radius 1 is 1.07 bits per heavy atom. The van der Waals surface area contributed by atoms with Crippen LogP contribution in [0.25, 0.3) is 0 Å². The van der Waals surface area contributed by atoms with Crippen LogP contribution in [0, 0.1) is 0 Å². The molecule has 0 saturated heterocycles. The van der Waals surface area contributed by atoms with Crippen molar-refractivity contribution in [2.24, 2.45) is 0 Å². The molecule has 4 rings (SSSR count). The van der Waals surface area contributed by atoms with E-state index in [2.05, 4.69) is 10.6 Å². The zero-order valence-electron chi connectivity index (χ0n) is 15.8. The number of amides is 2. The molecule has 0 aliphatic carbocycles. The zero-order valence-corrected chi connectivity index (χ0v) is 15.8. The second-order valence-corrected chi connectivity index (χ2v) is 6.71. The van der Waals surface area contributed by atoms with Gasteiger partial charge in [0.05, 0.1) is 5.69 Å². The molecule has 0 aromatic heterocycles. The maximum atomic E-state index is 12.5. The van der Waals surface area contributed by atoms with Crippen LogP contribution in [-0.4, -0.2) is 17.9 Å². The van der Waals surface area contributed by atoms with E-state index in [1.165, 1.54) is 0 Å². The Morgan fingerprint density at radius 2 is 1.83 bits per heavy atom. The highest BCUT2D eigenvalue weighted by molar-refractivity contribution is 6.05. The summed E-state index contributed by atoms with van der Waals surface area (Å²) < 4.78 is 11.2. The van der Waals surface area contributed by atoms with Crippen molar-refractivity contribution in [3.63, 3.8) is 0 Å². The summed E-state index contributed by atoms with van der Waals surface area (Å²) in [5, 5.41) is 5.60. The van der Waals surface area contributed by atoms with Crippen LogP contribution in [0.5, 0.6) is 11.5 Å². The molecule has 1 aliphatic rings. The lowest BCUT2D eigenvalue weighted by molar-refractivity contribution is -0.122. The Bertz CT molecular complexity index is 1030. The normalized spacial score (nSPS) is 14.9. The molecule has 146 valence electrons. The number of benzene rings is 3. The predicted molar refractivity (Wildman–Crippen MR) is 110 cm³/mol. The molecule has 2 N–H and O–H groups in total. The average molecular weight is 388 g/mol. The van der Waals surface area contributed by atoms with Crippen molar-refractivity contribution in [3.05, 3.63) is 83.9 Å². The monoisotopic (exact) mass is 388 g/mol. The predicted octanol–water partition coefficient (Wildman–Crippen LogP) is 4.24. The van der Waals surface area contributed by atoms with E-state index in [1.807, 2.05) is 42.5 Å². The molecule has 6 heteroatoms. The molecule has 0 fully saturated rings. The van der Waals surface area contributed by atoms with Gasteiger partial charge < -0.3 is 20.1 Å². The van der Waals surface area contributed by atoms with Gasteiger partial charge in [-0.3, -0.25) is 9.59 Å². The number of anilines is 2. The topological polar surface area (TPSA) is 76.7 Å². The van der Waals surface area contributed by atoms with E-state index in [0.29, 0.717) is 29.3 Å². The molecule has 0 bridgehead atoms. The number of fused-ring (bicyclic) bond motifs is 1. The Morgan fingerprint density at radius 3 is 2.59 bits per heavy atom. The molecule has 3 aromatic carbocycles. The molecule has 1 aliphatic heterocycles. The number of carbonyl (C=O) groups is 2. The van der Waals surface area contributed by atoms with Crippen LogP contribution in [0.15, 0.2) is 72.8 Å². The van der Waals surface area contributed by atoms with Crippen molar-refractivity contribution < 1.29 is 19.1 Å². The molecule has 1 atom stereocenters. The second-order valence-electron chi connectivity index (χ2n) is 6.71. The fourth-order valence-electron chi connectivity index (χ4n) is 2.93. The number of carbonyl (C=O) groups excluding carboxylic acids is 2. The van der Waals surface area contributed by atoms with E-state index >= 15 is 0 Å². The third-order valence-electron chi connectivity index (χ3n) is 4.53. The summed E-state index contributed by atoms with van der Waals surface area (Å²) in [7, 11) is 0. The summed E-state index contributed by atoms with van der Waals surface area (Å²) in [4.78, 5) is 24.3. The Hall–Kier alpha value is -3.80. The Kier molecular flexibility index (Phi) is 5.16. The van der Waals surface area contributed by atoms with Crippen LogP contribution >= 0.6 is 0 Å². The van der Waals surface area contributed by atoms with E-state index < -0.39 is 6.10 Å². The van der Waals surface area contributed by atoms with Gasteiger partial charge in [-0.05, 0) is 55.0 Å². The van der Waals surface area contributed by atoms with Crippen LogP contribution in [0.3, 0.4) is 0 Å². The van der Waals surface area contributed by atoms with E-state index in [-0.39, 0.29) is 11.8 Å².